The largest absolute Gasteiger partial charge is 0.345 e. The van der Waals surface area contributed by atoms with Crippen LogP contribution in [-0.4, -0.2) is 62.0 Å². The van der Waals surface area contributed by atoms with Crippen LogP contribution in [0.25, 0.3) is 0 Å². The van der Waals surface area contributed by atoms with E-state index >= 15 is 0 Å². The molecule has 1 N–H and O–H groups in total. The quantitative estimate of drug-likeness (QED) is 0.781. The fraction of sp³-hybridized carbons (Fsp3) is 0.923. The number of hydrogen-bond donors (Lipinski definition) is 1. The van der Waals surface area contributed by atoms with Gasteiger partial charge in [-0.1, -0.05) is 0 Å². The van der Waals surface area contributed by atoms with Gasteiger partial charge in [0.25, 0.3) is 0 Å². The fourth-order valence-corrected chi connectivity index (χ4v) is 2.77. The van der Waals surface area contributed by atoms with Gasteiger partial charge in [-0.3, -0.25) is 9.69 Å². The third kappa shape index (κ3) is 3.96. The maximum atomic E-state index is 11.7. The highest BCUT2D eigenvalue weighted by Crippen LogP contribution is 2.16. The summed E-state index contributed by atoms with van der Waals surface area (Å²) in [5, 5.41) is 3.40. The Morgan fingerprint density at radius 3 is 2.82 bits per heavy atom. The second kappa shape index (κ2) is 6.36. The molecule has 0 aliphatic carbocycles. The van der Waals surface area contributed by atoms with Crippen molar-refractivity contribution in [3.63, 3.8) is 0 Å². The van der Waals surface area contributed by atoms with Gasteiger partial charge in [-0.2, -0.15) is 0 Å². The van der Waals surface area contributed by atoms with Gasteiger partial charge >= 0.3 is 0 Å². The minimum atomic E-state index is 0.285. The van der Waals surface area contributed by atoms with Crippen LogP contribution in [0.5, 0.6) is 0 Å². The van der Waals surface area contributed by atoms with Crippen molar-refractivity contribution in [1.82, 2.24) is 15.1 Å². The summed E-state index contributed by atoms with van der Waals surface area (Å²) in [4.78, 5) is 16.0. The summed E-state index contributed by atoms with van der Waals surface area (Å²) in [7, 11) is 1.92. The van der Waals surface area contributed by atoms with E-state index < -0.39 is 0 Å². The molecule has 2 saturated heterocycles. The standard InChI is InChI=1S/C13H25N3O/c1-15-8-2-9-16(11-13(15)17)10-5-12-3-6-14-7-4-12/h12,14H,2-11H2,1H3. The zero-order chi connectivity index (χ0) is 12.1. The lowest BCUT2D eigenvalue weighted by atomic mass is 9.94. The highest BCUT2D eigenvalue weighted by atomic mass is 16.2. The van der Waals surface area contributed by atoms with E-state index in [2.05, 4.69) is 10.2 Å². The first-order chi connectivity index (χ1) is 8.25. The molecule has 0 radical (unpaired) electrons. The minimum Gasteiger partial charge on any atom is -0.345 e. The van der Waals surface area contributed by atoms with Crippen molar-refractivity contribution >= 4 is 5.91 Å². The molecule has 0 aromatic heterocycles. The average molecular weight is 239 g/mol. The second-order valence-electron chi connectivity index (χ2n) is 5.43. The predicted molar refractivity (Wildman–Crippen MR) is 68.9 cm³/mol. The van der Waals surface area contributed by atoms with Crippen LogP contribution in [0.3, 0.4) is 0 Å². The lowest BCUT2D eigenvalue weighted by Gasteiger charge is -2.26. The molecule has 4 nitrogen and oxygen atoms in total. The van der Waals surface area contributed by atoms with Crippen molar-refractivity contribution in [2.24, 2.45) is 5.92 Å². The van der Waals surface area contributed by atoms with Crippen LogP contribution in [0.15, 0.2) is 0 Å². The number of piperidine rings is 1. The number of nitrogens with one attached hydrogen (secondary N) is 1. The molecular weight excluding hydrogens is 214 g/mol. The Hall–Kier alpha value is -0.610. The summed E-state index contributed by atoms with van der Waals surface area (Å²) in [6.45, 7) is 6.08. The molecule has 1 amide bonds. The highest BCUT2D eigenvalue weighted by Gasteiger charge is 2.20. The van der Waals surface area contributed by atoms with E-state index in [9.17, 15) is 4.79 Å². The summed E-state index contributed by atoms with van der Waals surface area (Å²) in [5.74, 6) is 1.15. The van der Waals surface area contributed by atoms with Gasteiger partial charge in [0, 0.05) is 20.1 Å². The van der Waals surface area contributed by atoms with E-state index in [4.69, 9.17) is 0 Å². The van der Waals surface area contributed by atoms with E-state index in [1.54, 1.807) is 0 Å². The third-order valence-corrected chi connectivity index (χ3v) is 4.06. The Morgan fingerprint density at radius 1 is 1.29 bits per heavy atom. The van der Waals surface area contributed by atoms with E-state index in [0.717, 1.165) is 32.0 Å². The lowest BCUT2D eigenvalue weighted by Crippen LogP contribution is -2.36. The zero-order valence-electron chi connectivity index (χ0n) is 11.0. The number of nitrogens with zero attached hydrogens (tertiary/aromatic N) is 2. The first kappa shape index (κ1) is 12.8. The van der Waals surface area contributed by atoms with Gasteiger partial charge in [-0.05, 0) is 51.2 Å². The normalized spacial score (nSPS) is 25.0. The summed E-state index contributed by atoms with van der Waals surface area (Å²) in [6.07, 6.45) is 5.00. The Morgan fingerprint density at radius 2 is 2.06 bits per heavy atom. The van der Waals surface area contributed by atoms with Gasteiger partial charge < -0.3 is 10.2 Å². The van der Waals surface area contributed by atoms with Crippen molar-refractivity contribution in [2.75, 3.05) is 46.3 Å². The highest BCUT2D eigenvalue weighted by molar-refractivity contribution is 5.78. The molecule has 0 saturated carbocycles. The van der Waals surface area contributed by atoms with Gasteiger partial charge in [0.05, 0.1) is 6.54 Å². The van der Waals surface area contributed by atoms with E-state index in [1.165, 1.54) is 32.4 Å². The van der Waals surface area contributed by atoms with Crippen molar-refractivity contribution in [3.05, 3.63) is 0 Å². The number of hydrogen-bond acceptors (Lipinski definition) is 3. The molecular formula is C13H25N3O. The van der Waals surface area contributed by atoms with Crippen LogP contribution in [0.4, 0.5) is 0 Å². The molecule has 17 heavy (non-hydrogen) atoms. The van der Waals surface area contributed by atoms with Gasteiger partial charge in [0.1, 0.15) is 0 Å². The molecule has 4 heteroatoms. The topological polar surface area (TPSA) is 35.6 Å². The third-order valence-electron chi connectivity index (χ3n) is 4.06. The monoisotopic (exact) mass is 239 g/mol. The molecule has 0 atom stereocenters. The average Bonchev–Trinajstić information content (AvgIpc) is 2.51. The van der Waals surface area contributed by atoms with Crippen molar-refractivity contribution in [2.45, 2.75) is 25.7 Å². The summed E-state index contributed by atoms with van der Waals surface area (Å²) in [6, 6.07) is 0. The first-order valence-corrected chi connectivity index (χ1v) is 6.93. The molecule has 2 aliphatic heterocycles. The van der Waals surface area contributed by atoms with Crippen LogP contribution < -0.4 is 5.32 Å². The van der Waals surface area contributed by atoms with Gasteiger partial charge in [0.15, 0.2) is 0 Å². The van der Waals surface area contributed by atoms with E-state index in [1.807, 2.05) is 11.9 Å². The molecule has 2 heterocycles. The molecule has 2 fully saturated rings. The smallest absolute Gasteiger partial charge is 0.236 e. The molecule has 0 unspecified atom stereocenters. The van der Waals surface area contributed by atoms with Gasteiger partial charge in [0.2, 0.25) is 5.91 Å². The first-order valence-electron chi connectivity index (χ1n) is 6.93. The number of carbonyl (C=O) groups excluding carboxylic acids is 1. The number of carbonyl (C=O) groups is 1. The van der Waals surface area contributed by atoms with Crippen molar-refractivity contribution in [3.8, 4) is 0 Å². The van der Waals surface area contributed by atoms with Crippen LogP contribution in [0.2, 0.25) is 0 Å². The van der Waals surface area contributed by atoms with Crippen molar-refractivity contribution < 1.29 is 4.79 Å². The zero-order valence-corrected chi connectivity index (χ0v) is 11.0. The van der Waals surface area contributed by atoms with Gasteiger partial charge in [-0.15, -0.1) is 0 Å². The Kier molecular flexibility index (Phi) is 4.80. The Balaban J connectivity index is 1.72. The van der Waals surface area contributed by atoms with E-state index in [0.29, 0.717) is 6.54 Å². The Labute approximate surface area is 104 Å². The van der Waals surface area contributed by atoms with Gasteiger partial charge in [-0.25, -0.2) is 0 Å². The molecule has 0 aromatic carbocycles. The number of likely N-dealkylation sites (N-methyl/N-ethyl adjacent to an activating group) is 1. The predicted octanol–water partition coefficient (Wildman–Crippen LogP) is 0.540. The SMILES string of the molecule is CN1CCCN(CCC2CCNCC2)CC1=O. The minimum absolute atomic E-state index is 0.285. The second-order valence-corrected chi connectivity index (χ2v) is 5.43. The van der Waals surface area contributed by atoms with Crippen LogP contribution in [-0.2, 0) is 4.79 Å². The molecule has 98 valence electrons. The molecule has 2 rings (SSSR count). The van der Waals surface area contributed by atoms with Crippen LogP contribution in [0, 0.1) is 5.92 Å². The molecule has 0 spiro atoms. The molecule has 2 aliphatic rings. The van der Waals surface area contributed by atoms with Crippen LogP contribution >= 0.6 is 0 Å². The summed E-state index contributed by atoms with van der Waals surface area (Å²) >= 11 is 0. The summed E-state index contributed by atoms with van der Waals surface area (Å²) in [5.41, 5.74) is 0. The number of amides is 1. The number of rotatable bonds is 3. The molecule has 0 aromatic rings. The van der Waals surface area contributed by atoms with E-state index in [-0.39, 0.29) is 5.91 Å². The van der Waals surface area contributed by atoms with Crippen molar-refractivity contribution in [1.29, 1.82) is 0 Å². The summed E-state index contributed by atoms with van der Waals surface area (Å²) < 4.78 is 0. The Bertz CT molecular complexity index is 251. The maximum Gasteiger partial charge on any atom is 0.236 e. The maximum absolute atomic E-state index is 11.7. The molecule has 0 bridgehead atoms. The fourth-order valence-electron chi connectivity index (χ4n) is 2.77. The van der Waals surface area contributed by atoms with Crippen LogP contribution in [0.1, 0.15) is 25.7 Å². The lowest BCUT2D eigenvalue weighted by molar-refractivity contribution is -0.129.